The van der Waals surface area contributed by atoms with Crippen molar-refractivity contribution in [2.45, 2.75) is 38.4 Å². The van der Waals surface area contributed by atoms with E-state index in [0.717, 1.165) is 31.0 Å². The van der Waals surface area contributed by atoms with Crippen molar-refractivity contribution in [1.82, 2.24) is 10.2 Å². The number of fused-ring (bicyclic) bond motifs is 1. The molecule has 0 spiro atoms. The summed E-state index contributed by atoms with van der Waals surface area (Å²) in [6, 6.07) is 22.0. The van der Waals surface area contributed by atoms with Crippen LogP contribution in [0.3, 0.4) is 0 Å². The molecule has 7 heteroatoms. The lowest BCUT2D eigenvalue weighted by Gasteiger charge is -2.33. The Hall–Kier alpha value is -3.16. The third kappa shape index (κ3) is 6.67. The minimum Gasteiger partial charge on any atom is -0.473 e. The van der Waals surface area contributed by atoms with Gasteiger partial charge in [-0.1, -0.05) is 48.5 Å². The van der Waals surface area contributed by atoms with Gasteiger partial charge >= 0.3 is 11.9 Å². The first-order valence-electron chi connectivity index (χ1n) is 10.4. The highest BCUT2D eigenvalue weighted by Crippen LogP contribution is 2.25. The standard InChI is InChI=1S/C22H26N2O.C2H2O4/c1-17(22-15-19-9-5-6-10-21(19)25-22)23-20-11-13-24(14-12-20)16-18-7-3-2-4-8-18;3-1(4)2(5)6/h2-10,15,17,20,23H,11-14,16H2,1H3;(H,3,4)(H,5,6). The Kier molecular flexibility index (Phi) is 7.81. The van der Waals surface area contributed by atoms with Gasteiger partial charge < -0.3 is 19.9 Å². The molecule has 1 atom stereocenters. The van der Waals surface area contributed by atoms with Crippen molar-refractivity contribution in [1.29, 1.82) is 0 Å². The molecule has 3 aromatic rings. The number of benzene rings is 2. The lowest BCUT2D eigenvalue weighted by atomic mass is 10.0. The topological polar surface area (TPSA) is 103 Å². The fraction of sp³-hybridized carbons (Fsp3) is 0.333. The summed E-state index contributed by atoms with van der Waals surface area (Å²) in [4.78, 5) is 20.8. The van der Waals surface area contributed by atoms with Crippen LogP contribution < -0.4 is 5.32 Å². The smallest absolute Gasteiger partial charge is 0.414 e. The van der Waals surface area contributed by atoms with Crippen molar-refractivity contribution in [2.75, 3.05) is 13.1 Å². The maximum absolute atomic E-state index is 9.10. The molecule has 1 aliphatic heterocycles. The Balaban J connectivity index is 0.000000401. The van der Waals surface area contributed by atoms with E-state index in [1.807, 2.05) is 12.1 Å². The van der Waals surface area contributed by atoms with E-state index in [-0.39, 0.29) is 6.04 Å². The number of hydrogen-bond donors (Lipinski definition) is 3. The van der Waals surface area contributed by atoms with Crippen LogP contribution in [-0.4, -0.2) is 46.2 Å². The van der Waals surface area contributed by atoms with E-state index in [4.69, 9.17) is 24.2 Å². The van der Waals surface area contributed by atoms with Crippen LogP contribution in [-0.2, 0) is 16.1 Å². The normalized spacial score (nSPS) is 15.8. The molecule has 1 aliphatic rings. The number of furan rings is 1. The molecule has 31 heavy (non-hydrogen) atoms. The van der Waals surface area contributed by atoms with E-state index < -0.39 is 11.9 Å². The van der Waals surface area contributed by atoms with E-state index >= 15 is 0 Å². The highest BCUT2D eigenvalue weighted by Gasteiger charge is 2.22. The Morgan fingerprint density at radius 2 is 1.65 bits per heavy atom. The molecule has 2 aromatic carbocycles. The summed E-state index contributed by atoms with van der Waals surface area (Å²) in [5, 5.41) is 19.7. The number of carboxylic acid groups (broad SMARTS) is 2. The number of para-hydroxylation sites is 1. The summed E-state index contributed by atoms with van der Waals surface area (Å²) in [6.07, 6.45) is 2.38. The van der Waals surface area contributed by atoms with Gasteiger partial charge in [0.1, 0.15) is 11.3 Å². The van der Waals surface area contributed by atoms with Crippen molar-refractivity contribution in [3.05, 3.63) is 72.0 Å². The van der Waals surface area contributed by atoms with Gasteiger partial charge in [0.15, 0.2) is 0 Å². The molecular formula is C24H28N2O5. The van der Waals surface area contributed by atoms with Gasteiger partial charge in [0.25, 0.3) is 0 Å². The van der Waals surface area contributed by atoms with Gasteiger partial charge in [0.05, 0.1) is 6.04 Å². The summed E-state index contributed by atoms with van der Waals surface area (Å²) in [7, 11) is 0. The summed E-state index contributed by atoms with van der Waals surface area (Å²) in [5.74, 6) is -2.61. The third-order valence-electron chi connectivity index (χ3n) is 5.38. The zero-order valence-corrected chi connectivity index (χ0v) is 17.5. The molecule has 0 radical (unpaired) electrons. The molecule has 1 fully saturated rings. The molecule has 0 aliphatic carbocycles. The second-order valence-corrected chi connectivity index (χ2v) is 7.72. The maximum atomic E-state index is 9.10. The lowest BCUT2D eigenvalue weighted by molar-refractivity contribution is -0.159. The fourth-order valence-electron chi connectivity index (χ4n) is 3.75. The highest BCUT2D eigenvalue weighted by atomic mass is 16.4. The molecular weight excluding hydrogens is 396 g/mol. The maximum Gasteiger partial charge on any atom is 0.414 e. The van der Waals surface area contributed by atoms with E-state index in [1.165, 1.54) is 23.8 Å². The zero-order valence-electron chi connectivity index (χ0n) is 17.5. The second-order valence-electron chi connectivity index (χ2n) is 7.72. The Bertz CT molecular complexity index is 948. The number of piperidine rings is 1. The number of aliphatic carboxylic acids is 2. The number of likely N-dealkylation sites (tertiary alicyclic amines) is 1. The van der Waals surface area contributed by atoms with Crippen LogP contribution in [0.2, 0.25) is 0 Å². The van der Waals surface area contributed by atoms with Gasteiger partial charge in [-0.25, -0.2) is 9.59 Å². The van der Waals surface area contributed by atoms with Gasteiger partial charge in [0.2, 0.25) is 0 Å². The molecule has 2 heterocycles. The average Bonchev–Trinajstić information content (AvgIpc) is 3.21. The quantitative estimate of drug-likeness (QED) is 0.534. The monoisotopic (exact) mass is 424 g/mol. The Morgan fingerprint density at radius 1 is 1.03 bits per heavy atom. The van der Waals surface area contributed by atoms with Gasteiger partial charge in [-0.05, 0) is 50.6 Å². The van der Waals surface area contributed by atoms with Crippen LogP contribution in [0.5, 0.6) is 0 Å². The molecule has 4 rings (SSSR count). The predicted octanol–water partition coefficient (Wildman–Crippen LogP) is 3.90. The summed E-state index contributed by atoms with van der Waals surface area (Å²) < 4.78 is 6.00. The number of hydrogen-bond acceptors (Lipinski definition) is 5. The summed E-state index contributed by atoms with van der Waals surface area (Å²) in [5.41, 5.74) is 2.38. The molecule has 0 amide bonds. The van der Waals surface area contributed by atoms with Gasteiger partial charge in [-0.3, -0.25) is 4.90 Å². The van der Waals surface area contributed by atoms with Crippen LogP contribution in [0, 0.1) is 0 Å². The summed E-state index contributed by atoms with van der Waals surface area (Å²) in [6.45, 7) is 5.57. The Labute approximate surface area is 181 Å². The van der Waals surface area contributed by atoms with Crippen LogP contribution >= 0.6 is 0 Å². The number of nitrogens with one attached hydrogen (secondary N) is 1. The molecule has 0 saturated carbocycles. The number of nitrogens with zero attached hydrogens (tertiary/aromatic N) is 1. The Morgan fingerprint density at radius 3 is 2.26 bits per heavy atom. The average molecular weight is 424 g/mol. The first kappa shape index (κ1) is 22.5. The van der Waals surface area contributed by atoms with Crippen LogP contribution in [0.15, 0.2) is 65.1 Å². The van der Waals surface area contributed by atoms with Crippen LogP contribution in [0.25, 0.3) is 11.0 Å². The van der Waals surface area contributed by atoms with Crippen molar-refractivity contribution < 1.29 is 24.2 Å². The van der Waals surface area contributed by atoms with Crippen LogP contribution in [0.4, 0.5) is 0 Å². The lowest BCUT2D eigenvalue weighted by Crippen LogP contribution is -2.42. The van der Waals surface area contributed by atoms with Crippen LogP contribution in [0.1, 0.15) is 37.1 Å². The van der Waals surface area contributed by atoms with Crippen molar-refractivity contribution in [3.63, 3.8) is 0 Å². The van der Waals surface area contributed by atoms with Crippen molar-refractivity contribution >= 4 is 22.9 Å². The van der Waals surface area contributed by atoms with E-state index in [2.05, 4.69) is 65.7 Å². The highest BCUT2D eigenvalue weighted by molar-refractivity contribution is 6.27. The third-order valence-corrected chi connectivity index (χ3v) is 5.38. The second kappa shape index (κ2) is 10.7. The SMILES string of the molecule is CC(NC1CCN(Cc2ccccc2)CC1)c1cc2ccccc2o1.O=C(O)C(=O)O. The summed E-state index contributed by atoms with van der Waals surface area (Å²) >= 11 is 0. The molecule has 3 N–H and O–H groups in total. The molecule has 0 bridgehead atoms. The zero-order chi connectivity index (χ0) is 22.2. The fourth-order valence-corrected chi connectivity index (χ4v) is 3.75. The molecule has 164 valence electrons. The van der Waals surface area contributed by atoms with Gasteiger partial charge in [-0.2, -0.15) is 0 Å². The minimum absolute atomic E-state index is 0.248. The van der Waals surface area contributed by atoms with Gasteiger partial charge in [-0.15, -0.1) is 0 Å². The first-order chi connectivity index (χ1) is 14.9. The molecule has 7 nitrogen and oxygen atoms in total. The molecule has 1 aromatic heterocycles. The predicted molar refractivity (Wildman–Crippen MR) is 118 cm³/mol. The molecule has 1 unspecified atom stereocenters. The van der Waals surface area contributed by atoms with E-state index in [9.17, 15) is 0 Å². The molecule has 1 saturated heterocycles. The first-order valence-corrected chi connectivity index (χ1v) is 10.4. The van der Waals surface area contributed by atoms with E-state index in [0.29, 0.717) is 6.04 Å². The van der Waals surface area contributed by atoms with Crippen molar-refractivity contribution in [3.8, 4) is 0 Å². The number of carboxylic acids is 2. The largest absolute Gasteiger partial charge is 0.473 e. The number of rotatable bonds is 5. The van der Waals surface area contributed by atoms with E-state index in [1.54, 1.807) is 0 Å². The van der Waals surface area contributed by atoms with Gasteiger partial charge in [0, 0.05) is 18.0 Å². The minimum atomic E-state index is -1.82. The number of carbonyl (C=O) groups is 2. The van der Waals surface area contributed by atoms with Crippen molar-refractivity contribution in [2.24, 2.45) is 0 Å².